The van der Waals surface area contributed by atoms with Crippen LogP contribution < -0.4 is 10.1 Å². The Morgan fingerprint density at radius 2 is 2.00 bits per heavy atom. The average molecular weight is 296 g/mol. The van der Waals surface area contributed by atoms with Crippen LogP contribution in [0.5, 0.6) is 5.75 Å². The van der Waals surface area contributed by atoms with E-state index < -0.39 is 4.92 Å². The molecule has 0 spiro atoms. The van der Waals surface area contributed by atoms with E-state index in [1.807, 2.05) is 0 Å². The van der Waals surface area contributed by atoms with Crippen LogP contribution in [0.25, 0.3) is 0 Å². The Morgan fingerprint density at radius 3 is 2.62 bits per heavy atom. The van der Waals surface area contributed by atoms with Gasteiger partial charge >= 0.3 is 5.97 Å². The molecular weight excluding hydrogens is 276 g/mol. The van der Waals surface area contributed by atoms with Crippen molar-refractivity contribution in [3.05, 3.63) is 34.4 Å². The molecule has 0 fully saturated rings. The third-order valence-electron chi connectivity index (χ3n) is 2.63. The normalized spacial score (nSPS) is 10.1. The van der Waals surface area contributed by atoms with Crippen molar-refractivity contribution in [3.63, 3.8) is 0 Å². The van der Waals surface area contributed by atoms with Gasteiger partial charge in [0.15, 0.2) is 0 Å². The third kappa shape index (κ3) is 7.26. The summed E-state index contributed by atoms with van der Waals surface area (Å²) in [6.45, 7) is 4.00. The molecule has 0 saturated carbocycles. The van der Waals surface area contributed by atoms with E-state index in [9.17, 15) is 14.9 Å². The second-order valence-electron chi connectivity index (χ2n) is 4.26. The molecule has 0 heterocycles. The average Bonchev–Trinajstić information content (AvgIpc) is 2.47. The predicted molar refractivity (Wildman–Crippen MR) is 77.3 cm³/mol. The van der Waals surface area contributed by atoms with Crippen LogP contribution in [0.15, 0.2) is 24.3 Å². The Hall–Kier alpha value is -2.15. The van der Waals surface area contributed by atoms with Crippen LogP contribution in [0.1, 0.15) is 19.8 Å². The zero-order valence-electron chi connectivity index (χ0n) is 12.0. The van der Waals surface area contributed by atoms with Crippen LogP contribution in [-0.4, -0.2) is 37.2 Å². The molecule has 1 aromatic rings. The van der Waals surface area contributed by atoms with Crippen molar-refractivity contribution in [1.29, 1.82) is 0 Å². The fourth-order valence-corrected chi connectivity index (χ4v) is 1.62. The molecule has 116 valence electrons. The van der Waals surface area contributed by atoms with Gasteiger partial charge in [-0.2, -0.15) is 0 Å². The lowest BCUT2D eigenvalue weighted by molar-refractivity contribution is -0.384. The quantitative estimate of drug-likeness (QED) is 0.307. The molecule has 0 saturated heterocycles. The van der Waals surface area contributed by atoms with Crippen molar-refractivity contribution < 1.29 is 19.2 Å². The maximum absolute atomic E-state index is 11.1. The molecule has 1 N–H and O–H groups in total. The van der Waals surface area contributed by atoms with Crippen molar-refractivity contribution in [2.75, 3.05) is 26.3 Å². The number of nitro benzene ring substituents is 1. The largest absolute Gasteiger partial charge is 0.492 e. The van der Waals surface area contributed by atoms with Gasteiger partial charge in [-0.25, -0.2) is 0 Å². The van der Waals surface area contributed by atoms with Gasteiger partial charge in [-0.15, -0.1) is 0 Å². The molecule has 0 aliphatic carbocycles. The van der Waals surface area contributed by atoms with Crippen LogP contribution in [0.2, 0.25) is 0 Å². The Labute approximate surface area is 123 Å². The SMILES string of the molecule is CCOC(=O)CCCNCCOc1ccc([N+](=O)[O-])cc1. The number of nitrogens with zero attached hydrogens (tertiary/aromatic N) is 1. The van der Waals surface area contributed by atoms with Crippen molar-refractivity contribution in [1.82, 2.24) is 5.32 Å². The Kier molecular flexibility index (Phi) is 7.81. The maximum atomic E-state index is 11.1. The van der Waals surface area contributed by atoms with Gasteiger partial charge in [-0.3, -0.25) is 14.9 Å². The van der Waals surface area contributed by atoms with Gasteiger partial charge in [0.05, 0.1) is 11.5 Å². The summed E-state index contributed by atoms with van der Waals surface area (Å²) in [6, 6.07) is 5.95. The van der Waals surface area contributed by atoms with Crippen LogP contribution in [0, 0.1) is 10.1 Å². The predicted octanol–water partition coefficient (Wildman–Crippen LogP) is 1.91. The van der Waals surface area contributed by atoms with Crippen LogP contribution in [0.3, 0.4) is 0 Å². The van der Waals surface area contributed by atoms with Crippen LogP contribution in [0.4, 0.5) is 5.69 Å². The molecule has 0 radical (unpaired) electrons. The zero-order chi connectivity index (χ0) is 15.5. The smallest absolute Gasteiger partial charge is 0.305 e. The van der Waals surface area contributed by atoms with E-state index in [2.05, 4.69) is 5.32 Å². The number of carbonyl (C=O) groups is 1. The molecule has 0 aliphatic rings. The molecule has 0 bridgehead atoms. The maximum Gasteiger partial charge on any atom is 0.305 e. The highest BCUT2D eigenvalue weighted by atomic mass is 16.6. The Balaban J connectivity index is 2.06. The molecule has 0 aromatic heterocycles. The number of rotatable bonds is 10. The summed E-state index contributed by atoms with van der Waals surface area (Å²) in [5.74, 6) is 0.412. The molecule has 0 aliphatic heterocycles. The number of benzene rings is 1. The molecule has 21 heavy (non-hydrogen) atoms. The van der Waals surface area contributed by atoms with E-state index in [1.165, 1.54) is 12.1 Å². The van der Waals surface area contributed by atoms with Gasteiger partial charge in [0.1, 0.15) is 12.4 Å². The third-order valence-corrected chi connectivity index (χ3v) is 2.63. The molecule has 0 amide bonds. The fourth-order valence-electron chi connectivity index (χ4n) is 1.62. The van der Waals surface area contributed by atoms with Crippen molar-refractivity contribution in [2.45, 2.75) is 19.8 Å². The molecular formula is C14H20N2O5. The first-order chi connectivity index (χ1) is 10.1. The summed E-state index contributed by atoms with van der Waals surface area (Å²) in [7, 11) is 0. The zero-order valence-corrected chi connectivity index (χ0v) is 12.0. The number of nitrogens with one attached hydrogen (secondary N) is 1. The van der Waals surface area contributed by atoms with Gasteiger partial charge in [-0.1, -0.05) is 0 Å². The van der Waals surface area contributed by atoms with Crippen molar-refractivity contribution >= 4 is 11.7 Å². The standard InChI is InChI=1S/C14H20N2O5/c1-2-20-14(17)4-3-9-15-10-11-21-13-7-5-12(6-8-13)16(18)19/h5-8,15H,2-4,9-11H2,1H3. The van der Waals surface area contributed by atoms with Gasteiger partial charge in [0.25, 0.3) is 5.69 Å². The first-order valence-corrected chi connectivity index (χ1v) is 6.87. The summed E-state index contributed by atoms with van der Waals surface area (Å²) in [5, 5.41) is 13.6. The van der Waals surface area contributed by atoms with Gasteiger partial charge in [-0.05, 0) is 32.0 Å². The molecule has 1 rings (SSSR count). The van der Waals surface area contributed by atoms with Crippen molar-refractivity contribution in [3.8, 4) is 5.75 Å². The van der Waals surface area contributed by atoms with Crippen LogP contribution >= 0.6 is 0 Å². The molecule has 0 unspecified atom stereocenters. The highest BCUT2D eigenvalue weighted by Crippen LogP contribution is 2.16. The Morgan fingerprint density at radius 1 is 1.29 bits per heavy atom. The number of hydrogen-bond acceptors (Lipinski definition) is 6. The first kappa shape index (κ1) is 16.9. The number of esters is 1. The topological polar surface area (TPSA) is 90.7 Å². The van der Waals surface area contributed by atoms with E-state index >= 15 is 0 Å². The number of hydrogen-bond donors (Lipinski definition) is 1. The lowest BCUT2D eigenvalue weighted by atomic mass is 10.3. The summed E-state index contributed by atoms with van der Waals surface area (Å²) in [4.78, 5) is 21.1. The minimum Gasteiger partial charge on any atom is -0.492 e. The van der Waals surface area contributed by atoms with E-state index in [1.54, 1.807) is 19.1 Å². The molecule has 7 heteroatoms. The fraction of sp³-hybridized carbons (Fsp3) is 0.500. The first-order valence-electron chi connectivity index (χ1n) is 6.87. The lowest BCUT2D eigenvalue weighted by Gasteiger charge is -2.07. The monoisotopic (exact) mass is 296 g/mol. The second kappa shape index (κ2) is 9.71. The highest BCUT2D eigenvalue weighted by molar-refractivity contribution is 5.69. The Bertz CT molecular complexity index is 447. The summed E-state index contributed by atoms with van der Waals surface area (Å²) in [6.07, 6.45) is 1.13. The second-order valence-corrected chi connectivity index (χ2v) is 4.26. The lowest BCUT2D eigenvalue weighted by Crippen LogP contribution is -2.22. The summed E-state index contributed by atoms with van der Waals surface area (Å²) < 4.78 is 10.2. The van der Waals surface area contributed by atoms with Gasteiger partial charge in [0, 0.05) is 25.1 Å². The van der Waals surface area contributed by atoms with E-state index in [-0.39, 0.29) is 11.7 Å². The minimum absolute atomic E-state index is 0.0411. The summed E-state index contributed by atoms with van der Waals surface area (Å²) in [5.41, 5.74) is 0.0411. The number of carbonyl (C=O) groups excluding carboxylic acids is 1. The van der Waals surface area contributed by atoms with E-state index in [0.717, 1.165) is 6.42 Å². The number of non-ortho nitro benzene ring substituents is 1. The van der Waals surface area contributed by atoms with Crippen molar-refractivity contribution in [2.24, 2.45) is 0 Å². The van der Waals surface area contributed by atoms with Gasteiger partial charge < -0.3 is 14.8 Å². The van der Waals surface area contributed by atoms with Gasteiger partial charge in [0.2, 0.25) is 0 Å². The highest BCUT2D eigenvalue weighted by Gasteiger charge is 2.04. The number of ether oxygens (including phenoxy) is 2. The van der Waals surface area contributed by atoms with E-state index in [4.69, 9.17) is 9.47 Å². The molecule has 0 atom stereocenters. The molecule has 7 nitrogen and oxygen atoms in total. The summed E-state index contributed by atoms with van der Waals surface area (Å²) >= 11 is 0. The van der Waals surface area contributed by atoms with E-state index in [0.29, 0.717) is 38.5 Å². The number of nitro groups is 1. The minimum atomic E-state index is -0.450. The van der Waals surface area contributed by atoms with Crippen LogP contribution in [-0.2, 0) is 9.53 Å². The molecule has 1 aromatic carbocycles.